The van der Waals surface area contributed by atoms with Gasteiger partial charge in [-0.15, -0.1) is 21.5 Å². The molecule has 0 amide bonds. The number of nitrogens with zero attached hydrogens (tertiary/aromatic N) is 5. The van der Waals surface area contributed by atoms with Crippen molar-refractivity contribution in [3.05, 3.63) is 63.5 Å². The third kappa shape index (κ3) is 3.63. The van der Waals surface area contributed by atoms with E-state index in [1.165, 1.54) is 30.0 Å². The van der Waals surface area contributed by atoms with Gasteiger partial charge in [0, 0.05) is 29.2 Å². The monoisotopic (exact) mass is 395 g/mol. The van der Waals surface area contributed by atoms with Gasteiger partial charge in [0.2, 0.25) is 0 Å². The molecule has 1 aliphatic carbocycles. The third-order valence-corrected chi connectivity index (χ3v) is 5.98. The molecule has 0 saturated heterocycles. The molecule has 1 aliphatic rings. The van der Waals surface area contributed by atoms with E-state index >= 15 is 0 Å². The maximum atomic E-state index is 10.9. The van der Waals surface area contributed by atoms with Crippen LogP contribution in [0.3, 0.4) is 0 Å². The summed E-state index contributed by atoms with van der Waals surface area (Å²) in [4.78, 5) is 12.1. The van der Waals surface area contributed by atoms with Gasteiger partial charge in [-0.3, -0.25) is 14.7 Å². The number of allylic oxidation sites excluding steroid dienone is 1. The lowest BCUT2D eigenvalue weighted by Crippen LogP contribution is -1.99. The van der Waals surface area contributed by atoms with E-state index < -0.39 is 4.92 Å². The maximum Gasteiger partial charge on any atom is 0.269 e. The van der Waals surface area contributed by atoms with E-state index in [0.717, 1.165) is 34.3 Å². The molecule has 1 aromatic carbocycles. The summed E-state index contributed by atoms with van der Waals surface area (Å²) in [6.07, 6.45) is 3.60. The highest BCUT2D eigenvalue weighted by atomic mass is 32.2. The predicted molar refractivity (Wildman–Crippen MR) is 104 cm³/mol. The molecule has 4 rings (SSSR count). The fourth-order valence-electron chi connectivity index (χ4n) is 2.66. The third-order valence-electron chi connectivity index (χ3n) is 4.08. The number of hydrogen-bond acceptors (Lipinski definition) is 7. The molecule has 134 valence electrons. The molecule has 0 atom stereocenters. The zero-order chi connectivity index (χ0) is 18.8. The molecule has 1 fully saturated rings. The Morgan fingerprint density at radius 1 is 1.33 bits per heavy atom. The molecule has 0 N–H and O–H groups in total. The Bertz CT molecular complexity index is 1040. The van der Waals surface area contributed by atoms with Gasteiger partial charge < -0.3 is 0 Å². The van der Waals surface area contributed by atoms with Crippen molar-refractivity contribution in [2.24, 2.45) is 0 Å². The van der Waals surface area contributed by atoms with Gasteiger partial charge >= 0.3 is 0 Å². The number of hydrogen-bond donors (Lipinski definition) is 0. The Kier molecular flexibility index (Phi) is 4.75. The van der Waals surface area contributed by atoms with Crippen LogP contribution in [0.2, 0.25) is 0 Å². The summed E-state index contributed by atoms with van der Waals surface area (Å²) in [6.45, 7) is 0. The minimum Gasteiger partial charge on any atom is -0.298 e. The molecule has 0 spiro atoms. The predicted octanol–water partition coefficient (Wildman–Crippen LogP) is 4.91. The normalized spacial score (nSPS) is 14.1. The van der Waals surface area contributed by atoms with Gasteiger partial charge in [0.05, 0.1) is 15.9 Å². The Balaban J connectivity index is 1.68. The van der Waals surface area contributed by atoms with Crippen LogP contribution in [0.4, 0.5) is 5.69 Å². The average Bonchev–Trinajstić information content (AvgIpc) is 3.19. The molecule has 0 unspecified atom stereocenters. The minimum absolute atomic E-state index is 0.0150. The lowest BCUT2D eigenvalue weighted by atomic mass is 10.2. The lowest BCUT2D eigenvalue weighted by molar-refractivity contribution is -0.384. The molecule has 0 radical (unpaired) electrons. The van der Waals surface area contributed by atoms with Crippen LogP contribution in [0.1, 0.15) is 24.4 Å². The molecule has 27 heavy (non-hydrogen) atoms. The van der Waals surface area contributed by atoms with Crippen molar-refractivity contribution in [1.29, 1.82) is 5.26 Å². The molecule has 0 bridgehead atoms. The highest BCUT2D eigenvalue weighted by molar-refractivity contribution is 8.08. The van der Waals surface area contributed by atoms with Crippen molar-refractivity contribution in [3.63, 3.8) is 0 Å². The number of aromatic nitrogens is 3. The van der Waals surface area contributed by atoms with Crippen LogP contribution >= 0.6 is 23.1 Å². The minimum atomic E-state index is -0.443. The first-order chi connectivity index (χ1) is 13.2. The number of thioether (sulfide) groups is 1. The second kappa shape index (κ2) is 7.34. The Morgan fingerprint density at radius 3 is 2.70 bits per heavy atom. The average molecular weight is 395 g/mol. The zero-order valence-corrected chi connectivity index (χ0v) is 15.6. The first kappa shape index (κ1) is 17.5. The summed E-state index contributed by atoms with van der Waals surface area (Å²) in [5.41, 5.74) is 0.747. The lowest BCUT2D eigenvalue weighted by Gasteiger charge is -2.09. The van der Waals surface area contributed by atoms with Crippen LogP contribution in [0.5, 0.6) is 0 Å². The summed E-state index contributed by atoms with van der Waals surface area (Å²) in [5, 5.41) is 31.5. The van der Waals surface area contributed by atoms with Gasteiger partial charge in [-0.05, 0) is 53.7 Å². The number of nitro benzene ring substituents is 1. The van der Waals surface area contributed by atoms with Gasteiger partial charge in [-0.2, -0.15) is 5.26 Å². The van der Waals surface area contributed by atoms with E-state index in [-0.39, 0.29) is 5.69 Å². The van der Waals surface area contributed by atoms with E-state index in [1.807, 2.05) is 17.5 Å². The second-order valence-electron chi connectivity index (χ2n) is 5.93. The van der Waals surface area contributed by atoms with Crippen molar-refractivity contribution in [2.45, 2.75) is 24.0 Å². The van der Waals surface area contributed by atoms with Crippen LogP contribution in [0, 0.1) is 21.4 Å². The molecule has 9 heteroatoms. The van der Waals surface area contributed by atoms with Crippen molar-refractivity contribution in [3.8, 4) is 16.8 Å². The molecule has 1 saturated carbocycles. The molecule has 0 aliphatic heterocycles. The van der Waals surface area contributed by atoms with E-state index in [0.29, 0.717) is 10.9 Å². The highest BCUT2D eigenvalue weighted by Gasteiger charge is 2.31. The number of benzene rings is 1. The molecule has 2 heterocycles. The second-order valence-corrected chi connectivity index (χ2v) is 7.89. The van der Waals surface area contributed by atoms with Crippen LogP contribution in [0.15, 0.2) is 53.0 Å². The number of nitriles is 1. The van der Waals surface area contributed by atoms with Gasteiger partial charge in [-0.25, -0.2) is 0 Å². The molecule has 2 aromatic heterocycles. The van der Waals surface area contributed by atoms with E-state index in [9.17, 15) is 15.4 Å². The number of rotatable bonds is 6. The quantitative estimate of drug-likeness (QED) is 0.255. The van der Waals surface area contributed by atoms with E-state index in [2.05, 4.69) is 20.8 Å². The molecule has 3 aromatic rings. The Morgan fingerprint density at radius 2 is 2.11 bits per heavy atom. The number of thiophene rings is 1. The molecule has 7 nitrogen and oxygen atoms in total. The Labute approximate surface area is 163 Å². The topological polar surface area (TPSA) is 97.6 Å². The van der Waals surface area contributed by atoms with Gasteiger partial charge in [0.1, 0.15) is 0 Å². The van der Waals surface area contributed by atoms with Crippen LogP contribution in [0.25, 0.3) is 15.6 Å². The van der Waals surface area contributed by atoms with Crippen LogP contribution < -0.4 is 0 Å². The fourth-order valence-corrected chi connectivity index (χ4v) is 4.34. The standard InChI is InChI=1S/C18H13N5O2S2/c19-10-9-15(12-3-5-14(6-4-12)23(24)25)27-18-21-20-17(16-2-1-11-26-16)22(18)13-7-8-13/h1-6,9,11,13H,7-8H2/b15-9+. The summed E-state index contributed by atoms with van der Waals surface area (Å²) in [6, 6.07) is 12.6. The van der Waals surface area contributed by atoms with Crippen molar-refractivity contribution in [1.82, 2.24) is 14.8 Å². The molecular formula is C18H13N5O2S2. The largest absolute Gasteiger partial charge is 0.298 e. The summed E-state index contributed by atoms with van der Waals surface area (Å²) < 4.78 is 2.13. The van der Waals surface area contributed by atoms with Gasteiger partial charge in [0.25, 0.3) is 5.69 Å². The van der Waals surface area contributed by atoms with Crippen LogP contribution in [-0.2, 0) is 0 Å². The first-order valence-corrected chi connectivity index (χ1v) is 9.88. The Hall–Kier alpha value is -2.96. The maximum absolute atomic E-state index is 10.9. The zero-order valence-electron chi connectivity index (χ0n) is 14.0. The van der Waals surface area contributed by atoms with E-state index in [1.54, 1.807) is 23.5 Å². The van der Waals surface area contributed by atoms with Crippen molar-refractivity contribution in [2.75, 3.05) is 0 Å². The summed E-state index contributed by atoms with van der Waals surface area (Å²) in [5.74, 6) is 0.843. The number of non-ortho nitro benzene ring substituents is 1. The highest BCUT2D eigenvalue weighted by Crippen LogP contribution is 2.44. The molecular weight excluding hydrogens is 382 g/mol. The van der Waals surface area contributed by atoms with Gasteiger partial charge in [0.15, 0.2) is 11.0 Å². The van der Waals surface area contributed by atoms with E-state index in [4.69, 9.17) is 0 Å². The van der Waals surface area contributed by atoms with Gasteiger partial charge in [-0.1, -0.05) is 6.07 Å². The SMILES string of the molecule is N#C/C=C(/Sc1nnc(-c2cccs2)n1C1CC1)c1ccc([N+](=O)[O-])cc1. The fraction of sp³-hybridized carbons (Fsp3) is 0.167. The van der Waals surface area contributed by atoms with Crippen molar-refractivity contribution >= 4 is 33.7 Å². The first-order valence-electron chi connectivity index (χ1n) is 8.18. The summed E-state index contributed by atoms with van der Waals surface area (Å²) >= 11 is 2.97. The number of nitro groups is 1. The van der Waals surface area contributed by atoms with Crippen LogP contribution in [-0.4, -0.2) is 19.7 Å². The summed E-state index contributed by atoms with van der Waals surface area (Å²) in [7, 11) is 0. The smallest absolute Gasteiger partial charge is 0.269 e. The van der Waals surface area contributed by atoms with Crippen molar-refractivity contribution < 1.29 is 4.92 Å².